The van der Waals surface area contributed by atoms with Crippen LogP contribution in [0, 0.1) is 0 Å². The molecule has 0 aliphatic carbocycles. The number of benzene rings is 3. The molecule has 0 radical (unpaired) electrons. The molecule has 4 rings (SSSR count). The number of hydrogen-bond acceptors (Lipinski definition) is 4. The summed E-state index contributed by atoms with van der Waals surface area (Å²) in [4.78, 5) is 9.33. The first-order valence-corrected chi connectivity index (χ1v) is 9.66. The van der Waals surface area contributed by atoms with E-state index >= 15 is 0 Å². The summed E-state index contributed by atoms with van der Waals surface area (Å²) in [5.41, 5.74) is 2.80. The maximum atomic E-state index is 6.12. The van der Waals surface area contributed by atoms with Gasteiger partial charge in [-0.3, -0.25) is 0 Å². The highest BCUT2D eigenvalue weighted by Crippen LogP contribution is 2.29. The van der Waals surface area contributed by atoms with Crippen molar-refractivity contribution in [2.45, 2.75) is 13.0 Å². The Hall–Kier alpha value is -2.82. The molecule has 1 heterocycles. The number of hydrogen-bond donors (Lipinski definition) is 2. The second kappa shape index (κ2) is 8.05. The summed E-state index contributed by atoms with van der Waals surface area (Å²) in [5.74, 6) is 1.25. The van der Waals surface area contributed by atoms with Gasteiger partial charge in [0.15, 0.2) is 0 Å². The highest BCUT2D eigenvalue weighted by molar-refractivity contribution is 6.42. The third-order valence-electron chi connectivity index (χ3n) is 4.43. The van der Waals surface area contributed by atoms with E-state index in [0.29, 0.717) is 16.0 Å². The molecule has 0 bridgehead atoms. The van der Waals surface area contributed by atoms with Crippen LogP contribution in [-0.2, 0) is 0 Å². The highest BCUT2D eigenvalue weighted by atomic mass is 35.5. The minimum Gasteiger partial charge on any atom is -0.363 e. The van der Waals surface area contributed by atoms with E-state index in [2.05, 4.69) is 34.7 Å². The first-order chi connectivity index (χ1) is 13.6. The zero-order chi connectivity index (χ0) is 19.5. The van der Waals surface area contributed by atoms with Crippen LogP contribution in [0.1, 0.15) is 18.5 Å². The number of nitrogens with one attached hydrogen (secondary N) is 2. The van der Waals surface area contributed by atoms with Gasteiger partial charge < -0.3 is 10.6 Å². The normalized spacial score (nSPS) is 12.0. The largest absolute Gasteiger partial charge is 0.363 e. The summed E-state index contributed by atoms with van der Waals surface area (Å²) in [7, 11) is 0. The Kier molecular flexibility index (Phi) is 5.33. The average Bonchev–Trinajstić information content (AvgIpc) is 2.71. The van der Waals surface area contributed by atoms with Crippen LogP contribution in [0.25, 0.3) is 10.9 Å². The molecule has 2 N–H and O–H groups in total. The van der Waals surface area contributed by atoms with Gasteiger partial charge in [-0.2, -0.15) is 4.98 Å². The molecule has 4 nitrogen and oxygen atoms in total. The predicted octanol–water partition coefficient (Wildman–Crippen LogP) is 6.85. The number of anilines is 3. The summed E-state index contributed by atoms with van der Waals surface area (Å²) in [5, 5.41) is 8.67. The fourth-order valence-corrected chi connectivity index (χ4v) is 3.27. The van der Waals surface area contributed by atoms with Gasteiger partial charge in [0.1, 0.15) is 5.82 Å². The van der Waals surface area contributed by atoms with Crippen molar-refractivity contribution >= 4 is 51.6 Å². The highest BCUT2D eigenvalue weighted by Gasteiger charge is 2.12. The van der Waals surface area contributed by atoms with Gasteiger partial charge in [-0.25, -0.2) is 4.98 Å². The predicted molar refractivity (Wildman–Crippen MR) is 118 cm³/mol. The van der Waals surface area contributed by atoms with E-state index in [0.717, 1.165) is 22.4 Å². The minimum absolute atomic E-state index is 0.0948. The second-order valence-corrected chi connectivity index (χ2v) is 7.26. The molecule has 28 heavy (non-hydrogen) atoms. The number of nitrogens with zero attached hydrogens (tertiary/aromatic N) is 2. The number of rotatable bonds is 5. The number of fused-ring (bicyclic) bond motifs is 1. The summed E-state index contributed by atoms with van der Waals surface area (Å²) in [6.07, 6.45) is 0. The van der Waals surface area contributed by atoms with Crippen molar-refractivity contribution in [1.29, 1.82) is 0 Å². The topological polar surface area (TPSA) is 49.8 Å². The molecule has 1 unspecified atom stereocenters. The third kappa shape index (κ3) is 4.03. The molecule has 140 valence electrons. The summed E-state index contributed by atoms with van der Waals surface area (Å²) >= 11 is 12.1. The Morgan fingerprint density at radius 3 is 2.36 bits per heavy atom. The first-order valence-electron chi connectivity index (χ1n) is 8.90. The Morgan fingerprint density at radius 1 is 0.821 bits per heavy atom. The summed E-state index contributed by atoms with van der Waals surface area (Å²) < 4.78 is 0. The van der Waals surface area contributed by atoms with Crippen molar-refractivity contribution in [2.24, 2.45) is 0 Å². The monoisotopic (exact) mass is 408 g/mol. The molecule has 0 aliphatic rings. The van der Waals surface area contributed by atoms with E-state index in [9.17, 15) is 0 Å². The van der Waals surface area contributed by atoms with E-state index in [1.165, 1.54) is 5.56 Å². The fourth-order valence-electron chi connectivity index (χ4n) is 2.98. The van der Waals surface area contributed by atoms with E-state index in [-0.39, 0.29) is 6.04 Å². The quantitative estimate of drug-likeness (QED) is 0.378. The van der Waals surface area contributed by atoms with Crippen LogP contribution in [0.5, 0.6) is 0 Å². The second-order valence-electron chi connectivity index (χ2n) is 6.44. The maximum Gasteiger partial charge on any atom is 0.229 e. The van der Waals surface area contributed by atoms with Gasteiger partial charge in [0.2, 0.25) is 5.95 Å². The van der Waals surface area contributed by atoms with Crippen LogP contribution in [0.4, 0.5) is 17.5 Å². The van der Waals surface area contributed by atoms with Crippen LogP contribution in [0.15, 0.2) is 72.8 Å². The Balaban J connectivity index is 1.69. The molecule has 1 atom stereocenters. The van der Waals surface area contributed by atoms with Gasteiger partial charge in [-0.05, 0) is 42.8 Å². The van der Waals surface area contributed by atoms with Gasteiger partial charge in [0.25, 0.3) is 0 Å². The van der Waals surface area contributed by atoms with Crippen LogP contribution >= 0.6 is 23.2 Å². The molecule has 1 aromatic heterocycles. The van der Waals surface area contributed by atoms with Crippen LogP contribution in [0.2, 0.25) is 10.0 Å². The SMILES string of the molecule is CC(Nc1nc(Nc2ccc(Cl)c(Cl)c2)nc2ccccc12)c1ccccc1. The van der Waals surface area contributed by atoms with Gasteiger partial charge in [0, 0.05) is 17.1 Å². The summed E-state index contributed by atoms with van der Waals surface area (Å²) in [6.45, 7) is 2.11. The Bertz CT molecular complexity index is 1120. The smallest absolute Gasteiger partial charge is 0.229 e. The third-order valence-corrected chi connectivity index (χ3v) is 5.17. The number of para-hydroxylation sites is 1. The van der Waals surface area contributed by atoms with Gasteiger partial charge >= 0.3 is 0 Å². The number of halogens is 2. The van der Waals surface area contributed by atoms with E-state index in [1.54, 1.807) is 12.1 Å². The van der Waals surface area contributed by atoms with Gasteiger partial charge in [0.05, 0.1) is 15.6 Å². The van der Waals surface area contributed by atoms with Gasteiger partial charge in [-0.1, -0.05) is 65.7 Å². The first kappa shape index (κ1) is 18.5. The average molecular weight is 409 g/mol. The lowest BCUT2D eigenvalue weighted by molar-refractivity contribution is 0.876. The zero-order valence-electron chi connectivity index (χ0n) is 15.2. The van der Waals surface area contributed by atoms with Crippen LogP contribution in [0.3, 0.4) is 0 Å². The van der Waals surface area contributed by atoms with Crippen molar-refractivity contribution < 1.29 is 0 Å². The summed E-state index contributed by atoms with van der Waals surface area (Å²) in [6, 6.07) is 23.6. The molecule has 0 amide bonds. The lowest BCUT2D eigenvalue weighted by atomic mass is 10.1. The van der Waals surface area contributed by atoms with Crippen molar-refractivity contribution in [3.8, 4) is 0 Å². The molecule has 0 spiro atoms. The Morgan fingerprint density at radius 2 is 1.57 bits per heavy atom. The number of aromatic nitrogens is 2. The van der Waals surface area contributed by atoms with Crippen molar-refractivity contribution in [2.75, 3.05) is 10.6 Å². The minimum atomic E-state index is 0.0948. The molecular formula is C22H18Cl2N4. The molecule has 0 saturated carbocycles. The van der Waals surface area contributed by atoms with Crippen LogP contribution in [-0.4, -0.2) is 9.97 Å². The molecule has 0 saturated heterocycles. The standard InChI is InChI=1S/C22H18Cl2N4/c1-14(15-7-3-2-4-8-15)25-21-17-9-5-6-10-20(17)27-22(28-21)26-16-11-12-18(23)19(24)13-16/h2-14H,1H3,(H2,25,26,27,28). The van der Waals surface area contributed by atoms with E-state index in [1.807, 2.05) is 48.5 Å². The molecule has 0 aliphatic heterocycles. The fraction of sp³-hybridized carbons (Fsp3) is 0.0909. The Labute approximate surface area is 173 Å². The van der Waals surface area contributed by atoms with E-state index < -0.39 is 0 Å². The molecule has 0 fully saturated rings. The van der Waals surface area contributed by atoms with Crippen molar-refractivity contribution in [3.63, 3.8) is 0 Å². The maximum absolute atomic E-state index is 6.12. The zero-order valence-corrected chi connectivity index (χ0v) is 16.7. The van der Waals surface area contributed by atoms with Crippen molar-refractivity contribution in [3.05, 3.63) is 88.4 Å². The lowest BCUT2D eigenvalue weighted by Crippen LogP contribution is -2.10. The van der Waals surface area contributed by atoms with E-state index in [4.69, 9.17) is 28.2 Å². The van der Waals surface area contributed by atoms with Gasteiger partial charge in [-0.15, -0.1) is 0 Å². The van der Waals surface area contributed by atoms with Crippen molar-refractivity contribution in [1.82, 2.24) is 9.97 Å². The van der Waals surface area contributed by atoms with Crippen LogP contribution < -0.4 is 10.6 Å². The lowest BCUT2D eigenvalue weighted by Gasteiger charge is -2.17. The molecule has 4 aromatic rings. The molecule has 6 heteroatoms. The molecular weight excluding hydrogens is 391 g/mol. The molecule has 3 aromatic carbocycles.